The molecule has 0 aliphatic carbocycles. The molecule has 1 aromatic rings. The van der Waals surface area contributed by atoms with E-state index in [1.807, 2.05) is 18.2 Å². The van der Waals surface area contributed by atoms with Crippen LogP contribution in [0, 0.1) is 0 Å². The van der Waals surface area contributed by atoms with Crippen LogP contribution in [0.1, 0.15) is 28.3 Å². The van der Waals surface area contributed by atoms with Gasteiger partial charge in [-0.15, -0.1) is 0 Å². The van der Waals surface area contributed by atoms with Crippen molar-refractivity contribution in [2.24, 2.45) is 0 Å². The van der Waals surface area contributed by atoms with Gasteiger partial charge in [0.15, 0.2) is 5.76 Å². The Labute approximate surface area is 181 Å². The fourth-order valence-electron chi connectivity index (χ4n) is 3.45. The molecule has 1 amide bonds. The Bertz CT molecular complexity index is 757. The van der Waals surface area contributed by atoms with Crippen molar-refractivity contribution in [2.45, 2.75) is 18.6 Å². The molecule has 31 heavy (non-hydrogen) atoms. The first-order valence-corrected chi connectivity index (χ1v) is 10.4. The fraction of sp³-hybridized carbons (Fsp3) is 0.545. The lowest BCUT2D eigenvalue weighted by atomic mass is 9.92. The second-order valence-corrected chi connectivity index (χ2v) is 7.15. The predicted octanol–water partition coefficient (Wildman–Crippen LogP) is 1.07. The van der Waals surface area contributed by atoms with Crippen molar-refractivity contribution in [3.63, 3.8) is 0 Å². The lowest BCUT2D eigenvalue weighted by molar-refractivity contribution is -0.158. The van der Waals surface area contributed by atoms with Gasteiger partial charge in [-0.2, -0.15) is 0 Å². The van der Waals surface area contributed by atoms with Crippen molar-refractivity contribution in [1.29, 1.82) is 0 Å². The molecule has 0 unspecified atom stereocenters. The van der Waals surface area contributed by atoms with Crippen molar-refractivity contribution in [3.8, 4) is 0 Å². The third kappa shape index (κ3) is 6.51. The van der Waals surface area contributed by atoms with E-state index in [2.05, 4.69) is 0 Å². The molecule has 1 fully saturated rings. The number of carbonyl (C=O) groups excluding carboxylic acids is 2. The number of aliphatic hydroxyl groups excluding tert-OH is 1. The number of benzene rings is 1. The number of hydrogen-bond donors (Lipinski definition) is 1. The van der Waals surface area contributed by atoms with Gasteiger partial charge >= 0.3 is 5.97 Å². The molecule has 2 aliphatic rings. The van der Waals surface area contributed by atoms with Gasteiger partial charge in [-0.25, -0.2) is 4.79 Å². The summed E-state index contributed by atoms with van der Waals surface area (Å²) in [6, 6.07) is 7.09. The molecule has 9 heteroatoms. The monoisotopic (exact) mass is 435 g/mol. The summed E-state index contributed by atoms with van der Waals surface area (Å²) in [5.74, 6) is -0.467. The van der Waals surface area contributed by atoms with E-state index in [0.29, 0.717) is 44.9 Å². The van der Waals surface area contributed by atoms with E-state index in [1.54, 1.807) is 17.0 Å². The van der Waals surface area contributed by atoms with Crippen LogP contribution < -0.4 is 0 Å². The van der Waals surface area contributed by atoms with E-state index >= 15 is 0 Å². The van der Waals surface area contributed by atoms with E-state index in [-0.39, 0.29) is 37.4 Å². The highest BCUT2D eigenvalue weighted by Crippen LogP contribution is 2.32. The zero-order valence-corrected chi connectivity index (χ0v) is 17.7. The minimum Gasteiger partial charge on any atom is -0.465 e. The van der Waals surface area contributed by atoms with Gasteiger partial charge in [-0.3, -0.25) is 4.79 Å². The summed E-state index contributed by atoms with van der Waals surface area (Å²) in [7, 11) is 1.34. The van der Waals surface area contributed by atoms with Gasteiger partial charge in [0.2, 0.25) is 6.29 Å². The van der Waals surface area contributed by atoms with E-state index in [1.165, 1.54) is 7.11 Å². The van der Waals surface area contributed by atoms with E-state index < -0.39 is 12.3 Å². The Morgan fingerprint density at radius 1 is 1.13 bits per heavy atom. The highest BCUT2D eigenvalue weighted by atomic mass is 16.7. The third-order valence-electron chi connectivity index (χ3n) is 5.09. The molecule has 0 saturated carbocycles. The van der Waals surface area contributed by atoms with Gasteiger partial charge in [0.05, 0.1) is 52.3 Å². The number of rotatable bonds is 9. The van der Waals surface area contributed by atoms with Crippen molar-refractivity contribution in [2.75, 3.05) is 59.8 Å². The van der Waals surface area contributed by atoms with Gasteiger partial charge in [0.1, 0.15) is 0 Å². The Balaban J connectivity index is 1.73. The van der Waals surface area contributed by atoms with Crippen LogP contribution in [0.4, 0.5) is 0 Å². The van der Waals surface area contributed by atoms with E-state index in [4.69, 9.17) is 28.8 Å². The quantitative estimate of drug-likeness (QED) is 0.454. The minimum absolute atomic E-state index is 0.0511. The summed E-state index contributed by atoms with van der Waals surface area (Å²) < 4.78 is 27.0. The summed E-state index contributed by atoms with van der Waals surface area (Å²) in [6.07, 6.45) is 1.71. The number of carbonyl (C=O) groups is 2. The van der Waals surface area contributed by atoms with Crippen molar-refractivity contribution in [1.82, 2.24) is 4.90 Å². The number of amides is 1. The third-order valence-corrected chi connectivity index (χ3v) is 5.09. The summed E-state index contributed by atoms with van der Waals surface area (Å²) in [6.45, 7) is 2.80. The molecule has 9 nitrogen and oxygen atoms in total. The molecule has 170 valence electrons. The molecule has 1 N–H and O–H groups in total. The number of methoxy groups -OCH3 is 1. The number of hydrogen-bond acceptors (Lipinski definition) is 8. The highest BCUT2D eigenvalue weighted by Gasteiger charge is 2.31. The summed E-state index contributed by atoms with van der Waals surface area (Å²) in [4.78, 5) is 26.4. The molecule has 2 heterocycles. The van der Waals surface area contributed by atoms with Crippen molar-refractivity contribution < 1.29 is 38.4 Å². The molecule has 0 spiro atoms. The largest absolute Gasteiger partial charge is 0.465 e. The Hall–Kier alpha value is -2.46. The smallest absolute Gasteiger partial charge is 0.337 e. The number of morpholine rings is 1. The van der Waals surface area contributed by atoms with Crippen molar-refractivity contribution in [3.05, 3.63) is 47.2 Å². The van der Waals surface area contributed by atoms with Gasteiger partial charge in [0.25, 0.3) is 5.91 Å². The molecule has 0 aromatic heterocycles. The maximum Gasteiger partial charge on any atom is 0.337 e. The van der Waals surface area contributed by atoms with E-state index in [0.717, 1.165) is 5.56 Å². The topological polar surface area (TPSA) is 104 Å². The number of esters is 1. The molecule has 1 aromatic carbocycles. The summed E-state index contributed by atoms with van der Waals surface area (Å²) in [5, 5.41) is 8.79. The lowest BCUT2D eigenvalue weighted by Crippen LogP contribution is -2.43. The van der Waals surface area contributed by atoms with Gasteiger partial charge < -0.3 is 33.7 Å². The van der Waals surface area contributed by atoms with Crippen LogP contribution in [-0.2, 0) is 28.5 Å². The Kier molecular flexibility index (Phi) is 8.84. The average molecular weight is 435 g/mol. The minimum atomic E-state index is -0.618. The van der Waals surface area contributed by atoms with Gasteiger partial charge in [-0.05, 0) is 23.8 Å². The maximum absolute atomic E-state index is 13.0. The second kappa shape index (κ2) is 11.8. The molecule has 2 aliphatic heterocycles. The average Bonchev–Trinajstić information content (AvgIpc) is 2.83. The van der Waals surface area contributed by atoms with Crippen LogP contribution in [0.15, 0.2) is 36.1 Å². The van der Waals surface area contributed by atoms with Gasteiger partial charge in [-0.1, -0.05) is 12.1 Å². The predicted molar refractivity (Wildman–Crippen MR) is 109 cm³/mol. The normalized spacial score (nSPS) is 21.2. The maximum atomic E-state index is 13.0. The molecule has 2 atom stereocenters. The molecular weight excluding hydrogens is 406 g/mol. The molecule has 0 bridgehead atoms. The summed E-state index contributed by atoms with van der Waals surface area (Å²) in [5.41, 5.74) is 1.40. The highest BCUT2D eigenvalue weighted by molar-refractivity contribution is 5.92. The SMILES string of the molecule is COC(=O)c1ccc([C@H]2C=C(C(=O)N3CCOCC3)O[C@@H](OCCOCCO)C2)cc1. The number of aliphatic hydroxyl groups is 1. The first-order valence-electron chi connectivity index (χ1n) is 10.4. The zero-order chi connectivity index (χ0) is 22.1. The van der Waals surface area contributed by atoms with Crippen LogP contribution in [-0.4, -0.2) is 88.0 Å². The molecule has 1 saturated heterocycles. The zero-order valence-electron chi connectivity index (χ0n) is 17.7. The standard InChI is InChI=1S/C22H29NO8/c1-27-22(26)17-4-2-16(3-5-17)18-14-19(21(25)23-6-9-28-10-7-23)31-20(15-18)30-13-12-29-11-8-24/h2-5,14,18,20,24H,6-13,15H2,1H3/t18-,20+/m0/s1. The number of allylic oxidation sites excluding steroid dienone is 1. The van der Waals surface area contributed by atoms with Crippen LogP contribution in [0.5, 0.6) is 0 Å². The summed E-state index contributed by atoms with van der Waals surface area (Å²) >= 11 is 0. The van der Waals surface area contributed by atoms with Crippen molar-refractivity contribution >= 4 is 11.9 Å². The lowest BCUT2D eigenvalue weighted by Gasteiger charge is -2.33. The van der Waals surface area contributed by atoms with Crippen LogP contribution in [0.2, 0.25) is 0 Å². The fourth-order valence-corrected chi connectivity index (χ4v) is 3.45. The number of ether oxygens (including phenoxy) is 5. The Morgan fingerprint density at radius 3 is 2.55 bits per heavy atom. The second-order valence-electron chi connectivity index (χ2n) is 7.15. The van der Waals surface area contributed by atoms with Crippen LogP contribution in [0.3, 0.4) is 0 Å². The number of nitrogens with zero attached hydrogens (tertiary/aromatic N) is 1. The molecular formula is C22H29NO8. The van der Waals surface area contributed by atoms with Crippen LogP contribution in [0.25, 0.3) is 0 Å². The van der Waals surface area contributed by atoms with E-state index in [9.17, 15) is 9.59 Å². The first-order chi connectivity index (χ1) is 15.1. The van der Waals surface area contributed by atoms with Crippen LogP contribution >= 0.6 is 0 Å². The molecule has 0 radical (unpaired) electrons. The van der Waals surface area contributed by atoms with Gasteiger partial charge in [0, 0.05) is 25.4 Å². The first kappa shape index (κ1) is 23.2. The Morgan fingerprint density at radius 2 is 1.87 bits per heavy atom. The molecule has 3 rings (SSSR count).